The molecule has 5 nitrogen and oxygen atoms in total. The average molecular weight is 215 g/mol. The molecule has 2 aromatic heterocycles. The van der Waals surface area contributed by atoms with Crippen molar-refractivity contribution in [3.63, 3.8) is 0 Å². The lowest BCUT2D eigenvalue weighted by molar-refractivity contribution is 1.06. The van der Waals surface area contributed by atoms with Gasteiger partial charge in [-0.15, -0.1) is 0 Å². The van der Waals surface area contributed by atoms with Crippen molar-refractivity contribution in [3.05, 3.63) is 42.0 Å². The predicted octanol–water partition coefficient (Wildman–Crippen LogP) is 1.37. The molecule has 2 aromatic rings. The minimum Gasteiger partial charge on any atom is -0.381 e. The van der Waals surface area contributed by atoms with E-state index in [1.165, 1.54) is 5.56 Å². The first-order valence-corrected chi connectivity index (χ1v) is 4.97. The number of nitrogen functional groups attached to an aromatic ring is 1. The van der Waals surface area contributed by atoms with Gasteiger partial charge in [-0.2, -0.15) is 0 Å². The van der Waals surface area contributed by atoms with Crippen molar-refractivity contribution in [1.29, 1.82) is 0 Å². The van der Waals surface area contributed by atoms with E-state index in [9.17, 15) is 0 Å². The highest BCUT2D eigenvalue weighted by Gasteiger charge is 2.01. The number of aryl methyl sites for hydroxylation is 1. The smallest absolute Gasteiger partial charge is 0.169 e. The molecule has 0 fully saturated rings. The maximum atomic E-state index is 5.67. The van der Waals surface area contributed by atoms with E-state index in [1.54, 1.807) is 18.6 Å². The topological polar surface area (TPSA) is 76.7 Å². The van der Waals surface area contributed by atoms with Crippen LogP contribution in [0.1, 0.15) is 11.1 Å². The molecule has 0 bridgehead atoms. The molecule has 0 saturated heterocycles. The summed E-state index contributed by atoms with van der Waals surface area (Å²) in [6, 6.07) is 1.97. The Bertz CT molecular complexity index is 438. The van der Waals surface area contributed by atoms with Crippen LogP contribution in [-0.4, -0.2) is 15.0 Å². The Kier molecular flexibility index (Phi) is 2.95. The monoisotopic (exact) mass is 215 g/mol. The molecule has 0 aliphatic rings. The van der Waals surface area contributed by atoms with E-state index in [0.29, 0.717) is 18.2 Å². The quantitative estimate of drug-likeness (QED) is 0.808. The standard InChI is InChI=1S/C11H13N5/c1-8-6-13-3-2-9(8)7-16-11-10(12)14-4-5-15-11/h2-6H,7H2,1H3,(H2,12,14)(H,15,16). The lowest BCUT2D eigenvalue weighted by Crippen LogP contribution is -2.06. The van der Waals surface area contributed by atoms with Gasteiger partial charge in [0, 0.05) is 31.3 Å². The van der Waals surface area contributed by atoms with Crippen molar-refractivity contribution in [2.24, 2.45) is 0 Å². The summed E-state index contributed by atoms with van der Waals surface area (Å²) in [5.74, 6) is 1.02. The highest BCUT2D eigenvalue weighted by atomic mass is 15.0. The van der Waals surface area contributed by atoms with Crippen molar-refractivity contribution in [2.45, 2.75) is 13.5 Å². The predicted molar refractivity (Wildman–Crippen MR) is 62.7 cm³/mol. The summed E-state index contributed by atoms with van der Waals surface area (Å²) in [5, 5.41) is 3.14. The second-order valence-corrected chi connectivity index (χ2v) is 3.45. The van der Waals surface area contributed by atoms with Crippen LogP contribution in [0, 0.1) is 6.92 Å². The van der Waals surface area contributed by atoms with Gasteiger partial charge in [0.15, 0.2) is 11.6 Å². The van der Waals surface area contributed by atoms with Crippen LogP contribution in [-0.2, 0) is 6.54 Å². The maximum absolute atomic E-state index is 5.67. The van der Waals surface area contributed by atoms with Gasteiger partial charge < -0.3 is 11.1 Å². The first-order valence-electron chi connectivity index (χ1n) is 4.97. The van der Waals surface area contributed by atoms with Gasteiger partial charge in [-0.1, -0.05) is 0 Å². The van der Waals surface area contributed by atoms with E-state index in [0.717, 1.165) is 5.56 Å². The van der Waals surface area contributed by atoms with E-state index in [-0.39, 0.29) is 0 Å². The Labute approximate surface area is 93.8 Å². The SMILES string of the molecule is Cc1cnccc1CNc1nccnc1N. The molecule has 0 unspecified atom stereocenters. The second kappa shape index (κ2) is 4.57. The second-order valence-electron chi connectivity index (χ2n) is 3.45. The first-order chi connectivity index (χ1) is 7.77. The summed E-state index contributed by atoms with van der Waals surface area (Å²) < 4.78 is 0. The van der Waals surface area contributed by atoms with Crippen molar-refractivity contribution in [1.82, 2.24) is 15.0 Å². The summed E-state index contributed by atoms with van der Waals surface area (Å²) in [7, 11) is 0. The van der Waals surface area contributed by atoms with Crippen LogP contribution in [0.5, 0.6) is 0 Å². The van der Waals surface area contributed by atoms with Crippen molar-refractivity contribution in [2.75, 3.05) is 11.1 Å². The molecule has 3 N–H and O–H groups in total. The van der Waals surface area contributed by atoms with Crippen LogP contribution in [0.15, 0.2) is 30.9 Å². The van der Waals surface area contributed by atoms with Gasteiger partial charge in [-0.3, -0.25) is 4.98 Å². The molecule has 0 aliphatic heterocycles. The van der Waals surface area contributed by atoms with Gasteiger partial charge in [-0.05, 0) is 24.1 Å². The van der Waals surface area contributed by atoms with Gasteiger partial charge in [0.05, 0.1) is 0 Å². The molecule has 0 aliphatic carbocycles. The molecule has 82 valence electrons. The maximum Gasteiger partial charge on any atom is 0.169 e. The highest BCUT2D eigenvalue weighted by Crippen LogP contribution is 2.12. The minimum atomic E-state index is 0.411. The first kappa shape index (κ1) is 10.4. The van der Waals surface area contributed by atoms with Gasteiger partial charge in [0.1, 0.15) is 0 Å². The highest BCUT2D eigenvalue weighted by molar-refractivity contribution is 5.55. The summed E-state index contributed by atoms with van der Waals surface area (Å²) in [4.78, 5) is 12.1. The van der Waals surface area contributed by atoms with E-state index in [1.807, 2.05) is 19.2 Å². The third-order valence-electron chi connectivity index (χ3n) is 2.31. The van der Waals surface area contributed by atoms with Crippen molar-refractivity contribution in [3.8, 4) is 0 Å². The van der Waals surface area contributed by atoms with Crippen LogP contribution in [0.4, 0.5) is 11.6 Å². The Morgan fingerprint density at radius 3 is 2.81 bits per heavy atom. The molecule has 0 saturated carbocycles. The van der Waals surface area contributed by atoms with E-state index < -0.39 is 0 Å². The molecule has 0 atom stereocenters. The van der Waals surface area contributed by atoms with Gasteiger partial charge in [0.25, 0.3) is 0 Å². The van der Waals surface area contributed by atoms with Gasteiger partial charge in [-0.25, -0.2) is 9.97 Å². The number of hydrogen-bond donors (Lipinski definition) is 2. The minimum absolute atomic E-state index is 0.411. The van der Waals surface area contributed by atoms with Crippen LogP contribution in [0.3, 0.4) is 0 Å². The van der Waals surface area contributed by atoms with E-state index >= 15 is 0 Å². The van der Waals surface area contributed by atoms with Gasteiger partial charge in [0.2, 0.25) is 0 Å². The zero-order chi connectivity index (χ0) is 11.4. The number of nitrogens with zero attached hydrogens (tertiary/aromatic N) is 3. The fourth-order valence-corrected chi connectivity index (χ4v) is 1.36. The van der Waals surface area contributed by atoms with Crippen molar-refractivity contribution >= 4 is 11.6 Å². The average Bonchev–Trinajstić information content (AvgIpc) is 2.30. The van der Waals surface area contributed by atoms with Crippen molar-refractivity contribution < 1.29 is 0 Å². The third-order valence-corrected chi connectivity index (χ3v) is 2.31. The number of nitrogens with one attached hydrogen (secondary N) is 1. The third kappa shape index (κ3) is 2.25. The number of pyridine rings is 1. The molecule has 2 heterocycles. The summed E-state index contributed by atoms with van der Waals surface area (Å²) in [6.07, 6.45) is 6.78. The Morgan fingerprint density at radius 1 is 1.25 bits per heavy atom. The summed E-state index contributed by atoms with van der Waals surface area (Å²) >= 11 is 0. The number of nitrogens with two attached hydrogens (primary N) is 1. The molecule has 0 amide bonds. The number of anilines is 2. The summed E-state index contributed by atoms with van der Waals surface area (Å²) in [6.45, 7) is 2.68. The van der Waals surface area contributed by atoms with Gasteiger partial charge >= 0.3 is 0 Å². The zero-order valence-electron chi connectivity index (χ0n) is 9.01. The van der Waals surface area contributed by atoms with Crippen LogP contribution in [0.25, 0.3) is 0 Å². The van der Waals surface area contributed by atoms with E-state index in [2.05, 4.69) is 20.3 Å². The molecule has 2 rings (SSSR count). The molecular formula is C11H13N5. The molecule has 16 heavy (non-hydrogen) atoms. The lowest BCUT2D eigenvalue weighted by Gasteiger charge is -2.08. The lowest BCUT2D eigenvalue weighted by atomic mass is 10.1. The number of aromatic nitrogens is 3. The fourth-order valence-electron chi connectivity index (χ4n) is 1.36. The van der Waals surface area contributed by atoms with Crippen LogP contribution < -0.4 is 11.1 Å². The molecule has 5 heteroatoms. The molecule has 0 spiro atoms. The number of rotatable bonds is 3. The zero-order valence-corrected chi connectivity index (χ0v) is 9.01. The van der Waals surface area contributed by atoms with E-state index in [4.69, 9.17) is 5.73 Å². The fraction of sp³-hybridized carbons (Fsp3) is 0.182. The Hall–Kier alpha value is -2.17. The summed E-state index contributed by atoms with van der Waals surface area (Å²) in [5.41, 5.74) is 7.98. The molecule has 0 aromatic carbocycles. The Morgan fingerprint density at radius 2 is 2.06 bits per heavy atom. The van der Waals surface area contributed by atoms with Crippen LogP contribution in [0.2, 0.25) is 0 Å². The normalized spacial score (nSPS) is 10.1. The molecule has 0 radical (unpaired) electrons. The Balaban J connectivity index is 2.09. The van der Waals surface area contributed by atoms with Crippen LogP contribution >= 0.6 is 0 Å². The largest absolute Gasteiger partial charge is 0.381 e. The number of hydrogen-bond acceptors (Lipinski definition) is 5. The molecular weight excluding hydrogens is 202 g/mol.